The van der Waals surface area contributed by atoms with Gasteiger partial charge in [-0.25, -0.2) is 13.2 Å². The van der Waals surface area contributed by atoms with E-state index in [1.54, 1.807) is 31.2 Å². The Labute approximate surface area is 134 Å². The average Bonchev–Trinajstić information content (AvgIpc) is 2.39. The van der Waals surface area contributed by atoms with Gasteiger partial charge >= 0.3 is 5.63 Å². The number of rotatable bonds is 4. The van der Waals surface area contributed by atoms with Crippen LogP contribution < -0.4 is 5.63 Å². The summed E-state index contributed by atoms with van der Waals surface area (Å²) in [5.74, 6) is 0. The van der Waals surface area contributed by atoms with E-state index in [2.05, 4.69) is 0 Å². The number of hydrogen-bond acceptors (Lipinski definition) is 5. The summed E-state index contributed by atoms with van der Waals surface area (Å²) in [5.41, 5.74) is 1.43. The van der Waals surface area contributed by atoms with Crippen LogP contribution in [0, 0.1) is 6.92 Å². The molecule has 0 atom stereocenters. The number of aryl methyl sites for hydroxylation is 1. The second kappa shape index (κ2) is 6.30. The lowest BCUT2D eigenvalue weighted by molar-refractivity contribution is 0.513. The van der Waals surface area contributed by atoms with Gasteiger partial charge in [0.05, 0.1) is 16.7 Å². The van der Waals surface area contributed by atoms with E-state index < -0.39 is 15.5 Å². The molecule has 2 rings (SSSR count). The molecule has 0 aliphatic carbocycles. The van der Waals surface area contributed by atoms with Crippen molar-refractivity contribution < 1.29 is 12.8 Å². The fraction of sp³-hybridized carbons (Fsp3) is 0.312. The lowest BCUT2D eigenvalue weighted by Crippen LogP contribution is -2.06. The Kier molecular flexibility index (Phi) is 4.82. The second-order valence-corrected chi connectivity index (χ2v) is 8.97. The second-order valence-electron chi connectivity index (χ2n) is 5.37. The van der Waals surface area contributed by atoms with Crippen LogP contribution in [-0.2, 0) is 9.84 Å². The summed E-state index contributed by atoms with van der Waals surface area (Å²) in [4.78, 5) is 12.8. The standard InChI is InChI=1S/C16H18O4S2/c1-10(2)21-14-9-13(12-6-5-7-20-16(12)17)11(3)8-15(14)22(4,18)19/h5-10H,1-4H3. The Morgan fingerprint density at radius 3 is 2.41 bits per heavy atom. The highest BCUT2D eigenvalue weighted by Crippen LogP contribution is 2.35. The summed E-state index contributed by atoms with van der Waals surface area (Å²) in [6.45, 7) is 5.78. The third-order valence-corrected chi connectivity index (χ3v) is 5.41. The maximum Gasteiger partial charge on any atom is 0.343 e. The van der Waals surface area contributed by atoms with Crippen LogP contribution in [0.2, 0.25) is 0 Å². The molecule has 0 fully saturated rings. The summed E-state index contributed by atoms with van der Waals surface area (Å²) < 4.78 is 28.9. The van der Waals surface area contributed by atoms with Crippen LogP contribution in [0.4, 0.5) is 0 Å². The van der Waals surface area contributed by atoms with Crippen LogP contribution in [0.3, 0.4) is 0 Å². The van der Waals surface area contributed by atoms with Gasteiger partial charge in [-0.15, -0.1) is 11.8 Å². The summed E-state index contributed by atoms with van der Waals surface area (Å²) in [6.07, 6.45) is 2.53. The smallest absolute Gasteiger partial charge is 0.343 e. The van der Waals surface area contributed by atoms with Crippen molar-refractivity contribution >= 4 is 21.6 Å². The SMILES string of the molecule is Cc1cc(S(C)(=O)=O)c(SC(C)C)cc1-c1cccoc1=O. The molecule has 0 N–H and O–H groups in total. The van der Waals surface area contributed by atoms with Gasteiger partial charge in [-0.1, -0.05) is 13.8 Å². The summed E-state index contributed by atoms with van der Waals surface area (Å²) in [5, 5.41) is 0.225. The first-order valence-electron chi connectivity index (χ1n) is 6.79. The molecule has 6 heteroatoms. The van der Waals surface area contributed by atoms with Crippen LogP contribution in [0.15, 0.2) is 49.5 Å². The first kappa shape index (κ1) is 16.8. The normalized spacial score (nSPS) is 11.9. The minimum Gasteiger partial charge on any atom is -0.431 e. The molecule has 0 aliphatic rings. The molecule has 2 aromatic rings. The zero-order valence-electron chi connectivity index (χ0n) is 12.9. The van der Waals surface area contributed by atoms with Crippen molar-refractivity contribution in [2.24, 2.45) is 0 Å². The lowest BCUT2D eigenvalue weighted by atomic mass is 10.0. The fourth-order valence-corrected chi connectivity index (χ4v) is 4.44. The molecule has 0 bridgehead atoms. The molecular weight excluding hydrogens is 320 g/mol. The molecule has 0 amide bonds. The van der Waals surface area contributed by atoms with Gasteiger partial charge in [-0.05, 0) is 42.3 Å². The van der Waals surface area contributed by atoms with E-state index in [0.29, 0.717) is 20.9 Å². The van der Waals surface area contributed by atoms with Crippen LogP contribution in [-0.4, -0.2) is 19.9 Å². The predicted octanol–water partition coefficient (Wildman–Crippen LogP) is 3.52. The number of sulfone groups is 1. The van der Waals surface area contributed by atoms with E-state index in [-0.39, 0.29) is 5.25 Å². The molecule has 0 unspecified atom stereocenters. The Balaban J connectivity index is 2.74. The quantitative estimate of drug-likeness (QED) is 0.798. The Morgan fingerprint density at radius 1 is 1.18 bits per heavy atom. The Morgan fingerprint density at radius 2 is 1.86 bits per heavy atom. The van der Waals surface area contributed by atoms with Crippen LogP contribution >= 0.6 is 11.8 Å². The molecular formula is C16H18O4S2. The van der Waals surface area contributed by atoms with Crippen molar-refractivity contribution in [3.8, 4) is 11.1 Å². The van der Waals surface area contributed by atoms with Crippen molar-refractivity contribution in [3.05, 3.63) is 46.5 Å². The van der Waals surface area contributed by atoms with Gasteiger partial charge in [-0.2, -0.15) is 0 Å². The highest BCUT2D eigenvalue weighted by atomic mass is 32.2. The van der Waals surface area contributed by atoms with E-state index >= 15 is 0 Å². The van der Waals surface area contributed by atoms with Crippen LogP contribution in [0.5, 0.6) is 0 Å². The molecule has 0 saturated carbocycles. The van der Waals surface area contributed by atoms with Gasteiger partial charge in [0.1, 0.15) is 0 Å². The molecule has 1 heterocycles. The van der Waals surface area contributed by atoms with Crippen molar-refractivity contribution in [1.29, 1.82) is 0 Å². The van der Waals surface area contributed by atoms with Crippen LogP contribution in [0.1, 0.15) is 19.4 Å². The monoisotopic (exact) mass is 338 g/mol. The molecule has 22 heavy (non-hydrogen) atoms. The highest BCUT2D eigenvalue weighted by Gasteiger charge is 2.19. The van der Waals surface area contributed by atoms with E-state index in [9.17, 15) is 13.2 Å². The Bertz CT molecular complexity index is 849. The molecule has 0 spiro atoms. The topological polar surface area (TPSA) is 64.3 Å². The van der Waals surface area contributed by atoms with E-state index in [0.717, 1.165) is 5.56 Å². The summed E-state index contributed by atoms with van der Waals surface area (Å²) >= 11 is 1.46. The molecule has 118 valence electrons. The zero-order chi connectivity index (χ0) is 16.5. The van der Waals surface area contributed by atoms with Crippen molar-refractivity contribution in [3.63, 3.8) is 0 Å². The highest BCUT2D eigenvalue weighted by molar-refractivity contribution is 8.00. The molecule has 0 aliphatic heterocycles. The summed E-state index contributed by atoms with van der Waals surface area (Å²) in [6, 6.07) is 6.72. The first-order chi connectivity index (χ1) is 10.2. The minimum absolute atomic E-state index is 0.225. The summed E-state index contributed by atoms with van der Waals surface area (Å²) in [7, 11) is -3.33. The first-order valence-corrected chi connectivity index (χ1v) is 9.57. The maximum atomic E-state index is 12.0. The van der Waals surface area contributed by atoms with E-state index in [1.165, 1.54) is 24.3 Å². The molecule has 4 nitrogen and oxygen atoms in total. The van der Waals surface area contributed by atoms with Crippen molar-refractivity contribution in [2.45, 2.75) is 35.8 Å². The van der Waals surface area contributed by atoms with Gasteiger partial charge in [-0.3, -0.25) is 0 Å². The lowest BCUT2D eigenvalue weighted by Gasteiger charge is -2.14. The maximum absolute atomic E-state index is 12.0. The van der Waals surface area contributed by atoms with Gasteiger partial charge in [0.25, 0.3) is 0 Å². The van der Waals surface area contributed by atoms with Crippen molar-refractivity contribution in [1.82, 2.24) is 0 Å². The average molecular weight is 338 g/mol. The molecule has 0 saturated heterocycles. The van der Waals surface area contributed by atoms with Gasteiger partial charge in [0.2, 0.25) is 0 Å². The third-order valence-electron chi connectivity index (χ3n) is 3.08. The van der Waals surface area contributed by atoms with E-state index in [4.69, 9.17) is 4.42 Å². The van der Waals surface area contributed by atoms with E-state index in [1.807, 2.05) is 13.8 Å². The number of hydrogen-bond donors (Lipinski definition) is 0. The van der Waals surface area contributed by atoms with Gasteiger partial charge in [0.15, 0.2) is 9.84 Å². The molecule has 1 aromatic heterocycles. The minimum atomic E-state index is -3.33. The largest absolute Gasteiger partial charge is 0.431 e. The Hall–Kier alpha value is -1.53. The fourth-order valence-electron chi connectivity index (χ4n) is 2.16. The predicted molar refractivity (Wildman–Crippen MR) is 89.3 cm³/mol. The number of benzene rings is 1. The van der Waals surface area contributed by atoms with Crippen molar-refractivity contribution in [2.75, 3.05) is 6.26 Å². The van der Waals surface area contributed by atoms with Crippen LogP contribution in [0.25, 0.3) is 11.1 Å². The number of thioether (sulfide) groups is 1. The van der Waals surface area contributed by atoms with Gasteiger partial charge in [0, 0.05) is 16.4 Å². The third kappa shape index (κ3) is 3.62. The molecule has 0 radical (unpaired) electrons. The van der Waals surface area contributed by atoms with Gasteiger partial charge < -0.3 is 4.42 Å². The molecule has 1 aromatic carbocycles. The zero-order valence-corrected chi connectivity index (χ0v) is 14.5.